The summed E-state index contributed by atoms with van der Waals surface area (Å²) in [7, 11) is 1.83. The fraction of sp³-hybridized carbons (Fsp3) is 1.00. The number of hydrogen-bond donors (Lipinski definition) is 1. The molecule has 0 aromatic rings. The van der Waals surface area contributed by atoms with Crippen molar-refractivity contribution in [3.05, 3.63) is 0 Å². The van der Waals surface area contributed by atoms with Gasteiger partial charge in [0.15, 0.2) is 0 Å². The average Bonchev–Trinajstić information content (AvgIpc) is 2.40. The molecule has 2 atom stereocenters. The van der Waals surface area contributed by atoms with Crippen molar-refractivity contribution in [3.8, 4) is 0 Å². The maximum absolute atomic E-state index is 5.42. The molecular weight excluding hydrogens is 236 g/mol. The van der Waals surface area contributed by atoms with Crippen LogP contribution in [0.1, 0.15) is 52.9 Å². The fourth-order valence-electron chi connectivity index (χ4n) is 3.99. The van der Waals surface area contributed by atoms with E-state index in [4.69, 9.17) is 4.74 Å². The second-order valence-corrected chi connectivity index (χ2v) is 6.97. The summed E-state index contributed by atoms with van der Waals surface area (Å²) in [5, 5.41) is 3.82. The molecule has 2 fully saturated rings. The van der Waals surface area contributed by atoms with Gasteiger partial charge in [-0.3, -0.25) is 4.90 Å². The van der Waals surface area contributed by atoms with Crippen LogP contribution in [0, 0.1) is 5.92 Å². The number of nitrogens with one attached hydrogen (secondary N) is 1. The first kappa shape index (κ1) is 15.3. The number of hydrogen-bond acceptors (Lipinski definition) is 3. The van der Waals surface area contributed by atoms with Crippen LogP contribution in [-0.2, 0) is 4.74 Å². The van der Waals surface area contributed by atoms with Crippen LogP contribution in [0.2, 0.25) is 0 Å². The summed E-state index contributed by atoms with van der Waals surface area (Å²) in [6.45, 7) is 10.2. The molecule has 19 heavy (non-hydrogen) atoms. The van der Waals surface area contributed by atoms with Crippen molar-refractivity contribution in [2.45, 2.75) is 70.5 Å². The molecule has 0 aromatic heterocycles. The Morgan fingerprint density at radius 1 is 1.21 bits per heavy atom. The Morgan fingerprint density at radius 3 is 2.47 bits per heavy atom. The van der Waals surface area contributed by atoms with Crippen LogP contribution in [0.15, 0.2) is 0 Å². The van der Waals surface area contributed by atoms with Crippen molar-refractivity contribution < 1.29 is 4.74 Å². The second kappa shape index (κ2) is 6.55. The monoisotopic (exact) mass is 268 g/mol. The van der Waals surface area contributed by atoms with Crippen molar-refractivity contribution in [2.75, 3.05) is 26.8 Å². The van der Waals surface area contributed by atoms with E-state index in [1.165, 1.54) is 45.2 Å². The zero-order chi connectivity index (χ0) is 13.9. The van der Waals surface area contributed by atoms with Gasteiger partial charge >= 0.3 is 0 Å². The van der Waals surface area contributed by atoms with Gasteiger partial charge in [0.05, 0.1) is 6.61 Å². The summed E-state index contributed by atoms with van der Waals surface area (Å²) in [5.74, 6) is 0.707. The molecule has 0 aromatic carbocycles. The highest BCUT2D eigenvalue weighted by Crippen LogP contribution is 2.37. The first-order valence-corrected chi connectivity index (χ1v) is 8.08. The zero-order valence-electron chi connectivity index (χ0n) is 13.2. The van der Waals surface area contributed by atoms with Gasteiger partial charge in [-0.2, -0.15) is 0 Å². The molecule has 1 N–H and O–H groups in total. The minimum absolute atomic E-state index is 0.404. The van der Waals surface area contributed by atoms with Crippen LogP contribution in [-0.4, -0.2) is 49.3 Å². The third kappa shape index (κ3) is 3.32. The van der Waals surface area contributed by atoms with Gasteiger partial charge in [-0.1, -0.05) is 33.1 Å². The SMILES string of the molecule is COCC(C)N1CC(C(C)C)NCC12CCCCC2. The third-order valence-electron chi connectivity index (χ3n) is 5.22. The number of ether oxygens (including phenoxy) is 1. The standard InChI is InChI=1S/C16H32N2O/c1-13(2)15-10-18(14(3)11-19-4)16(12-17-15)8-6-5-7-9-16/h13-15,17H,5-12H2,1-4H3. The van der Waals surface area contributed by atoms with E-state index in [0.29, 0.717) is 23.5 Å². The van der Waals surface area contributed by atoms with E-state index >= 15 is 0 Å². The molecule has 1 saturated heterocycles. The molecule has 3 nitrogen and oxygen atoms in total. The molecule has 1 heterocycles. The van der Waals surface area contributed by atoms with Crippen LogP contribution in [0.3, 0.4) is 0 Å². The van der Waals surface area contributed by atoms with Crippen molar-refractivity contribution >= 4 is 0 Å². The minimum atomic E-state index is 0.404. The Kier molecular flexibility index (Phi) is 5.27. The quantitative estimate of drug-likeness (QED) is 0.848. The van der Waals surface area contributed by atoms with Crippen LogP contribution < -0.4 is 5.32 Å². The van der Waals surface area contributed by atoms with Gasteiger partial charge in [0.25, 0.3) is 0 Å². The first-order valence-electron chi connectivity index (χ1n) is 8.08. The molecule has 1 aliphatic heterocycles. The van der Waals surface area contributed by atoms with Gasteiger partial charge < -0.3 is 10.1 Å². The molecule has 0 amide bonds. The highest BCUT2D eigenvalue weighted by Gasteiger charge is 2.44. The number of nitrogens with zero attached hydrogens (tertiary/aromatic N) is 1. The van der Waals surface area contributed by atoms with Gasteiger partial charge in [0.2, 0.25) is 0 Å². The van der Waals surface area contributed by atoms with Gasteiger partial charge in [0.1, 0.15) is 0 Å². The molecule has 2 unspecified atom stereocenters. The van der Waals surface area contributed by atoms with Crippen LogP contribution in [0.4, 0.5) is 0 Å². The van der Waals surface area contributed by atoms with Crippen LogP contribution in [0.5, 0.6) is 0 Å². The van der Waals surface area contributed by atoms with Crippen LogP contribution in [0.25, 0.3) is 0 Å². The van der Waals surface area contributed by atoms with E-state index in [9.17, 15) is 0 Å². The molecule has 0 bridgehead atoms. The summed E-state index contributed by atoms with van der Waals surface area (Å²) in [6, 6.07) is 1.17. The second-order valence-electron chi connectivity index (χ2n) is 6.97. The van der Waals surface area contributed by atoms with Crippen molar-refractivity contribution in [2.24, 2.45) is 5.92 Å². The highest BCUT2D eigenvalue weighted by atomic mass is 16.5. The minimum Gasteiger partial charge on any atom is -0.383 e. The molecule has 2 rings (SSSR count). The lowest BCUT2D eigenvalue weighted by Crippen LogP contribution is -2.68. The van der Waals surface area contributed by atoms with Crippen LogP contribution >= 0.6 is 0 Å². The Hall–Kier alpha value is -0.120. The lowest BCUT2D eigenvalue weighted by molar-refractivity contribution is -0.0436. The topological polar surface area (TPSA) is 24.5 Å². The van der Waals surface area contributed by atoms with E-state index in [2.05, 4.69) is 31.0 Å². The maximum atomic E-state index is 5.42. The summed E-state index contributed by atoms with van der Waals surface area (Å²) < 4.78 is 5.42. The Bertz CT molecular complexity index is 274. The van der Waals surface area contributed by atoms with E-state index in [1.54, 1.807) is 0 Å². The van der Waals surface area contributed by atoms with E-state index in [-0.39, 0.29) is 0 Å². The number of piperazine rings is 1. The van der Waals surface area contributed by atoms with E-state index in [1.807, 2.05) is 7.11 Å². The summed E-state index contributed by atoms with van der Waals surface area (Å²) >= 11 is 0. The molecule has 2 aliphatic rings. The lowest BCUT2D eigenvalue weighted by Gasteiger charge is -2.55. The normalized spacial score (nSPS) is 29.8. The predicted molar refractivity (Wildman–Crippen MR) is 80.5 cm³/mol. The fourth-order valence-corrected chi connectivity index (χ4v) is 3.99. The van der Waals surface area contributed by atoms with Crippen molar-refractivity contribution in [1.29, 1.82) is 0 Å². The third-order valence-corrected chi connectivity index (χ3v) is 5.22. The number of methoxy groups -OCH3 is 1. The lowest BCUT2D eigenvalue weighted by atomic mass is 9.77. The first-order chi connectivity index (χ1) is 9.09. The smallest absolute Gasteiger partial charge is 0.0615 e. The average molecular weight is 268 g/mol. The molecule has 1 aliphatic carbocycles. The zero-order valence-corrected chi connectivity index (χ0v) is 13.2. The predicted octanol–water partition coefficient (Wildman–Crippen LogP) is 2.65. The van der Waals surface area contributed by atoms with E-state index in [0.717, 1.165) is 6.61 Å². The van der Waals surface area contributed by atoms with Crippen molar-refractivity contribution in [3.63, 3.8) is 0 Å². The van der Waals surface area contributed by atoms with E-state index < -0.39 is 0 Å². The molecule has 3 heteroatoms. The Balaban J connectivity index is 2.12. The molecule has 1 saturated carbocycles. The molecule has 112 valence electrons. The maximum Gasteiger partial charge on any atom is 0.0615 e. The van der Waals surface area contributed by atoms with Gasteiger partial charge in [-0.15, -0.1) is 0 Å². The molecular formula is C16H32N2O. The Morgan fingerprint density at radius 2 is 1.89 bits per heavy atom. The van der Waals surface area contributed by atoms with Gasteiger partial charge in [-0.25, -0.2) is 0 Å². The summed E-state index contributed by atoms with van der Waals surface area (Å²) in [6.07, 6.45) is 6.92. The molecule has 1 spiro atoms. The highest BCUT2D eigenvalue weighted by molar-refractivity contribution is 5.02. The Labute approximate surface area is 119 Å². The largest absolute Gasteiger partial charge is 0.383 e. The summed E-state index contributed by atoms with van der Waals surface area (Å²) in [5.41, 5.74) is 0.404. The van der Waals surface area contributed by atoms with Crippen molar-refractivity contribution in [1.82, 2.24) is 10.2 Å². The number of rotatable bonds is 4. The molecule has 0 radical (unpaired) electrons. The van der Waals surface area contributed by atoms with Gasteiger partial charge in [-0.05, 0) is 25.7 Å². The summed E-state index contributed by atoms with van der Waals surface area (Å²) in [4.78, 5) is 2.77. The van der Waals surface area contributed by atoms with Gasteiger partial charge in [0, 0.05) is 37.8 Å².